The van der Waals surface area contributed by atoms with E-state index < -0.39 is 0 Å². The van der Waals surface area contributed by atoms with Gasteiger partial charge in [0, 0.05) is 26.8 Å². The summed E-state index contributed by atoms with van der Waals surface area (Å²) in [5.41, 5.74) is 3.38. The molecule has 6 nitrogen and oxygen atoms in total. The number of methoxy groups -OCH3 is 1. The van der Waals surface area contributed by atoms with Gasteiger partial charge in [-0.25, -0.2) is 10.8 Å². The summed E-state index contributed by atoms with van der Waals surface area (Å²) in [6, 6.07) is 0. The van der Waals surface area contributed by atoms with Crippen molar-refractivity contribution in [2.75, 3.05) is 32.7 Å². The van der Waals surface area contributed by atoms with Crippen molar-refractivity contribution >= 4 is 5.82 Å². The van der Waals surface area contributed by atoms with E-state index in [1.807, 2.05) is 7.05 Å². The molecule has 3 N–H and O–H groups in total. The van der Waals surface area contributed by atoms with E-state index in [0.29, 0.717) is 5.82 Å². The van der Waals surface area contributed by atoms with E-state index in [9.17, 15) is 0 Å². The number of hydrazine groups is 1. The van der Waals surface area contributed by atoms with Gasteiger partial charge in [0.1, 0.15) is 0 Å². The lowest BCUT2D eigenvalue weighted by atomic mass is 10.3. The molecule has 0 aromatic carbocycles. The molecule has 0 unspecified atom stereocenters. The monoisotopic (exact) mass is 225 g/mol. The number of nitrogens with two attached hydrogens (primary N) is 1. The molecule has 0 aliphatic rings. The van der Waals surface area contributed by atoms with Crippen molar-refractivity contribution in [2.45, 2.75) is 13.0 Å². The minimum absolute atomic E-state index is 0.575. The van der Waals surface area contributed by atoms with E-state index in [0.717, 1.165) is 31.8 Å². The topological polar surface area (TPSA) is 76.3 Å². The van der Waals surface area contributed by atoms with E-state index >= 15 is 0 Å². The summed E-state index contributed by atoms with van der Waals surface area (Å²) in [4.78, 5) is 10.5. The smallest absolute Gasteiger partial charge is 0.158 e. The number of hydrogen-bond donors (Lipinski definition) is 2. The number of ether oxygens (including phenoxy) is 1. The highest BCUT2D eigenvalue weighted by molar-refractivity contribution is 5.28. The molecule has 1 rings (SSSR count). The molecular weight excluding hydrogens is 206 g/mol. The number of rotatable bonds is 7. The molecule has 0 fully saturated rings. The van der Waals surface area contributed by atoms with Gasteiger partial charge in [-0.05, 0) is 13.5 Å². The van der Waals surface area contributed by atoms with Crippen LogP contribution in [0.25, 0.3) is 0 Å². The number of anilines is 1. The summed E-state index contributed by atoms with van der Waals surface area (Å²) < 4.78 is 5.00. The minimum Gasteiger partial charge on any atom is -0.385 e. The fourth-order valence-corrected chi connectivity index (χ4v) is 1.35. The Morgan fingerprint density at radius 1 is 1.44 bits per heavy atom. The molecule has 1 heterocycles. The predicted molar refractivity (Wildman–Crippen MR) is 62.7 cm³/mol. The standard InChI is InChI=1S/C10H19N5O/c1-15(4-3-5-16-2)8-9-6-13-10(14-11)7-12-9/h6-7H,3-5,8,11H2,1-2H3,(H,13,14). The molecule has 6 heteroatoms. The second kappa shape index (κ2) is 7.10. The van der Waals surface area contributed by atoms with Gasteiger partial charge >= 0.3 is 0 Å². The Bertz CT molecular complexity index is 290. The quantitative estimate of drug-likeness (QED) is 0.393. The molecule has 0 aliphatic heterocycles. The molecule has 0 radical (unpaired) electrons. The number of hydrogen-bond acceptors (Lipinski definition) is 6. The van der Waals surface area contributed by atoms with Crippen LogP contribution in [0, 0.1) is 0 Å². The molecular formula is C10H19N5O. The average molecular weight is 225 g/mol. The first kappa shape index (κ1) is 12.8. The first-order chi connectivity index (χ1) is 7.76. The Kier molecular flexibility index (Phi) is 5.69. The normalized spacial score (nSPS) is 10.8. The molecule has 0 bridgehead atoms. The summed E-state index contributed by atoms with van der Waals surface area (Å²) in [5, 5.41) is 0. The predicted octanol–water partition coefficient (Wildman–Crippen LogP) is 0.231. The fraction of sp³-hybridized carbons (Fsp3) is 0.600. The van der Waals surface area contributed by atoms with Crippen LogP contribution in [0.3, 0.4) is 0 Å². The van der Waals surface area contributed by atoms with Gasteiger partial charge in [-0.1, -0.05) is 0 Å². The van der Waals surface area contributed by atoms with Crippen LogP contribution in [-0.2, 0) is 11.3 Å². The summed E-state index contributed by atoms with van der Waals surface area (Å²) >= 11 is 0. The minimum atomic E-state index is 0.575. The van der Waals surface area contributed by atoms with Crippen molar-refractivity contribution in [2.24, 2.45) is 5.84 Å². The second-order valence-corrected chi connectivity index (χ2v) is 3.62. The maximum absolute atomic E-state index is 5.21. The van der Waals surface area contributed by atoms with Gasteiger partial charge in [-0.15, -0.1) is 0 Å². The van der Waals surface area contributed by atoms with Crippen LogP contribution in [0.15, 0.2) is 12.4 Å². The van der Waals surface area contributed by atoms with Gasteiger partial charge in [0.05, 0.1) is 18.1 Å². The van der Waals surface area contributed by atoms with Crippen molar-refractivity contribution in [3.63, 3.8) is 0 Å². The molecule has 16 heavy (non-hydrogen) atoms. The Hall–Kier alpha value is -1.24. The third-order valence-electron chi connectivity index (χ3n) is 2.17. The van der Waals surface area contributed by atoms with Crippen LogP contribution in [0.2, 0.25) is 0 Å². The highest BCUT2D eigenvalue weighted by Crippen LogP contribution is 2.02. The molecule has 0 amide bonds. The first-order valence-corrected chi connectivity index (χ1v) is 5.21. The van der Waals surface area contributed by atoms with Gasteiger partial charge in [0.25, 0.3) is 0 Å². The van der Waals surface area contributed by atoms with Crippen LogP contribution < -0.4 is 11.3 Å². The Morgan fingerprint density at radius 3 is 2.81 bits per heavy atom. The zero-order valence-corrected chi connectivity index (χ0v) is 9.81. The van der Waals surface area contributed by atoms with Crippen LogP contribution >= 0.6 is 0 Å². The highest BCUT2D eigenvalue weighted by Gasteiger charge is 2.02. The van der Waals surface area contributed by atoms with Crippen molar-refractivity contribution in [3.05, 3.63) is 18.1 Å². The van der Waals surface area contributed by atoms with Crippen molar-refractivity contribution in [1.29, 1.82) is 0 Å². The third-order valence-corrected chi connectivity index (χ3v) is 2.17. The average Bonchev–Trinajstić information content (AvgIpc) is 2.30. The lowest BCUT2D eigenvalue weighted by molar-refractivity contribution is 0.177. The van der Waals surface area contributed by atoms with E-state index in [1.165, 1.54) is 0 Å². The van der Waals surface area contributed by atoms with E-state index in [4.69, 9.17) is 10.6 Å². The molecule has 0 saturated heterocycles. The van der Waals surface area contributed by atoms with Crippen molar-refractivity contribution in [3.8, 4) is 0 Å². The van der Waals surface area contributed by atoms with Gasteiger partial charge < -0.3 is 15.1 Å². The molecule has 0 spiro atoms. The van der Waals surface area contributed by atoms with Gasteiger partial charge in [0.2, 0.25) is 0 Å². The largest absolute Gasteiger partial charge is 0.385 e. The third kappa shape index (κ3) is 4.52. The van der Waals surface area contributed by atoms with Gasteiger partial charge in [0.15, 0.2) is 5.82 Å². The highest BCUT2D eigenvalue weighted by atomic mass is 16.5. The van der Waals surface area contributed by atoms with Gasteiger partial charge in [-0.3, -0.25) is 4.98 Å². The second-order valence-electron chi connectivity index (χ2n) is 3.62. The molecule has 1 aromatic heterocycles. The maximum Gasteiger partial charge on any atom is 0.158 e. The number of nitrogens with zero attached hydrogens (tertiary/aromatic N) is 3. The molecule has 90 valence electrons. The maximum atomic E-state index is 5.21. The van der Waals surface area contributed by atoms with E-state index in [1.54, 1.807) is 19.5 Å². The van der Waals surface area contributed by atoms with Crippen molar-refractivity contribution < 1.29 is 4.74 Å². The fourth-order valence-electron chi connectivity index (χ4n) is 1.35. The first-order valence-electron chi connectivity index (χ1n) is 5.21. The SMILES string of the molecule is COCCCN(C)Cc1cnc(NN)cn1. The Labute approximate surface area is 95.8 Å². The Balaban J connectivity index is 2.34. The molecule has 1 aromatic rings. The lowest BCUT2D eigenvalue weighted by Gasteiger charge is -2.15. The van der Waals surface area contributed by atoms with Crippen LogP contribution in [0.5, 0.6) is 0 Å². The Morgan fingerprint density at radius 2 is 2.25 bits per heavy atom. The summed E-state index contributed by atoms with van der Waals surface area (Å²) in [7, 11) is 3.76. The van der Waals surface area contributed by atoms with Gasteiger partial charge in [-0.2, -0.15) is 0 Å². The van der Waals surface area contributed by atoms with Crippen LogP contribution in [0.4, 0.5) is 5.82 Å². The molecule has 0 aliphatic carbocycles. The van der Waals surface area contributed by atoms with Crippen LogP contribution in [0.1, 0.15) is 12.1 Å². The van der Waals surface area contributed by atoms with E-state index in [2.05, 4.69) is 20.3 Å². The molecule has 0 saturated carbocycles. The number of aromatic nitrogens is 2. The summed E-state index contributed by atoms with van der Waals surface area (Å²) in [6.07, 6.45) is 4.36. The number of nitrogens with one attached hydrogen (secondary N) is 1. The van der Waals surface area contributed by atoms with E-state index in [-0.39, 0.29) is 0 Å². The molecule has 0 atom stereocenters. The summed E-state index contributed by atoms with van der Waals surface area (Å²) in [6.45, 7) is 2.54. The zero-order valence-electron chi connectivity index (χ0n) is 9.81. The summed E-state index contributed by atoms with van der Waals surface area (Å²) in [5.74, 6) is 5.78. The van der Waals surface area contributed by atoms with Crippen molar-refractivity contribution in [1.82, 2.24) is 14.9 Å². The zero-order chi connectivity index (χ0) is 11.8. The number of nitrogen functional groups attached to an aromatic ring is 1. The van der Waals surface area contributed by atoms with Crippen LogP contribution in [-0.4, -0.2) is 42.2 Å². The lowest BCUT2D eigenvalue weighted by Crippen LogP contribution is -2.21.